The maximum Gasteiger partial charge on any atom is 0.410 e. The Morgan fingerprint density at radius 2 is 1.80 bits per heavy atom. The standard InChI is InChI=1S/C29H43N3O8/c1-9-31(21-11-12-23-22(16-21)32(13-10-14-37-7)26(35)29(5,6)39-23)24(33)19-15-20(25(34)38-8)18-30(17-19)27(36)40-28(2,3)4/h11-12,16,19-20H,9-10,13-15,17-18H2,1-8H3/t19-,20+/m1/s1. The second kappa shape index (κ2) is 12.4. The van der Waals surface area contributed by atoms with Gasteiger partial charge in [0.05, 0.1) is 24.6 Å². The number of hydrogen-bond donors (Lipinski definition) is 0. The van der Waals surface area contributed by atoms with E-state index in [0.29, 0.717) is 43.2 Å². The topological polar surface area (TPSA) is 115 Å². The van der Waals surface area contributed by atoms with Gasteiger partial charge in [-0.3, -0.25) is 14.4 Å². The van der Waals surface area contributed by atoms with Gasteiger partial charge in [0, 0.05) is 45.6 Å². The Kier molecular flexibility index (Phi) is 9.71. The van der Waals surface area contributed by atoms with Crippen molar-refractivity contribution in [3.8, 4) is 5.75 Å². The number of rotatable bonds is 8. The minimum atomic E-state index is -1.03. The lowest BCUT2D eigenvalue weighted by Crippen LogP contribution is -2.53. The molecule has 11 nitrogen and oxygen atoms in total. The van der Waals surface area contributed by atoms with Gasteiger partial charge in [-0.15, -0.1) is 0 Å². The number of methoxy groups -OCH3 is 2. The van der Waals surface area contributed by atoms with Crippen LogP contribution in [0.1, 0.15) is 54.4 Å². The predicted octanol–water partition coefficient (Wildman–Crippen LogP) is 3.63. The maximum absolute atomic E-state index is 13.9. The van der Waals surface area contributed by atoms with Crippen LogP contribution in [-0.2, 0) is 28.6 Å². The van der Waals surface area contributed by atoms with Crippen molar-refractivity contribution in [3.63, 3.8) is 0 Å². The van der Waals surface area contributed by atoms with Crippen LogP contribution in [0.15, 0.2) is 18.2 Å². The number of ether oxygens (including phenoxy) is 4. The van der Waals surface area contributed by atoms with E-state index in [4.69, 9.17) is 18.9 Å². The molecule has 0 aliphatic carbocycles. The van der Waals surface area contributed by atoms with Gasteiger partial charge in [-0.2, -0.15) is 0 Å². The zero-order valence-corrected chi connectivity index (χ0v) is 24.9. The van der Waals surface area contributed by atoms with Crippen molar-refractivity contribution in [1.29, 1.82) is 0 Å². The van der Waals surface area contributed by atoms with Gasteiger partial charge in [0.15, 0.2) is 5.60 Å². The van der Waals surface area contributed by atoms with E-state index < -0.39 is 35.1 Å². The number of likely N-dealkylation sites (tertiary alicyclic amines) is 1. The highest BCUT2D eigenvalue weighted by atomic mass is 16.6. The first-order valence-corrected chi connectivity index (χ1v) is 13.7. The van der Waals surface area contributed by atoms with Gasteiger partial charge in [-0.1, -0.05) is 0 Å². The number of carbonyl (C=O) groups is 4. The monoisotopic (exact) mass is 561 g/mol. The van der Waals surface area contributed by atoms with Crippen molar-refractivity contribution in [3.05, 3.63) is 18.2 Å². The Balaban J connectivity index is 1.92. The maximum atomic E-state index is 13.9. The van der Waals surface area contributed by atoms with Gasteiger partial charge in [0.1, 0.15) is 11.4 Å². The van der Waals surface area contributed by atoms with Gasteiger partial charge >= 0.3 is 12.1 Å². The molecule has 0 N–H and O–H groups in total. The number of hydrogen-bond acceptors (Lipinski definition) is 8. The third-order valence-electron chi connectivity index (χ3n) is 6.97. The van der Waals surface area contributed by atoms with E-state index in [1.807, 2.05) is 6.92 Å². The number of fused-ring (bicyclic) bond motifs is 1. The van der Waals surface area contributed by atoms with E-state index in [1.165, 1.54) is 12.0 Å². The van der Waals surface area contributed by atoms with Crippen molar-refractivity contribution in [2.45, 2.75) is 65.6 Å². The molecular weight excluding hydrogens is 518 g/mol. The molecule has 1 aromatic carbocycles. The van der Waals surface area contributed by atoms with Crippen LogP contribution in [0, 0.1) is 11.8 Å². The van der Waals surface area contributed by atoms with E-state index in [1.54, 1.807) is 69.7 Å². The summed E-state index contributed by atoms with van der Waals surface area (Å²) in [5.41, 5.74) is -0.590. The van der Waals surface area contributed by atoms with Crippen LogP contribution < -0.4 is 14.5 Å². The molecule has 0 radical (unpaired) electrons. The fraction of sp³-hybridized carbons (Fsp3) is 0.655. The molecule has 2 atom stereocenters. The smallest absolute Gasteiger partial charge is 0.410 e. The molecule has 0 saturated carbocycles. The minimum Gasteiger partial charge on any atom is -0.476 e. The Morgan fingerprint density at radius 3 is 2.40 bits per heavy atom. The van der Waals surface area contributed by atoms with Gasteiger partial charge in [-0.05, 0) is 72.6 Å². The molecule has 2 aliphatic heterocycles. The van der Waals surface area contributed by atoms with Crippen LogP contribution in [-0.4, -0.2) is 87.0 Å². The Hall–Kier alpha value is -3.34. The zero-order chi connectivity index (χ0) is 29.8. The number of carbonyl (C=O) groups excluding carboxylic acids is 4. The average Bonchev–Trinajstić information content (AvgIpc) is 2.89. The van der Waals surface area contributed by atoms with Crippen LogP contribution in [0.3, 0.4) is 0 Å². The number of piperidine rings is 1. The van der Waals surface area contributed by atoms with E-state index in [0.717, 1.165) is 0 Å². The number of benzene rings is 1. The zero-order valence-electron chi connectivity index (χ0n) is 24.9. The van der Waals surface area contributed by atoms with Crippen LogP contribution in [0.4, 0.5) is 16.2 Å². The van der Waals surface area contributed by atoms with E-state index >= 15 is 0 Å². The first-order valence-electron chi connectivity index (χ1n) is 13.7. The summed E-state index contributed by atoms with van der Waals surface area (Å²) < 4.78 is 21.7. The van der Waals surface area contributed by atoms with Gasteiger partial charge in [0.2, 0.25) is 5.91 Å². The Morgan fingerprint density at radius 1 is 1.12 bits per heavy atom. The molecule has 1 saturated heterocycles. The average molecular weight is 562 g/mol. The van der Waals surface area contributed by atoms with Gasteiger partial charge in [0.25, 0.3) is 5.91 Å². The lowest BCUT2D eigenvalue weighted by molar-refractivity contribution is -0.148. The quantitative estimate of drug-likeness (QED) is 0.349. The molecule has 3 amide bonds. The summed E-state index contributed by atoms with van der Waals surface area (Å²) in [4.78, 5) is 57.3. The molecular formula is C29H43N3O8. The number of amides is 3. The van der Waals surface area contributed by atoms with Crippen LogP contribution in [0.2, 0.25) is 0 Å². The summed E-state index contributed by atoms with van der Waals surface area (Å²) in [6, 6.07) is 5.33. The fourth-order valence-electron chi connectivity index (χ4n) is 5.09. The van der Waals surface area contributed by atoms with Crippen molar-refractivity contribution >= 4 is 35.3 Å². The summed E-state index contributed by atoms with van der Waals surface area (Å²) in [6.07, 6.45) is 0.293. The van der Waals surface area contributed by atoms with Crippen LogP contribution in [0.25, 0.3) is 0 Å². The molecule has 1 aromatic rings. The molecule has 2 aliphatic rings. The van der Waals surface area contributed by atoms with Crippen molar-refractivity contribution in [1.82, 2.24) is 4.90 Å². The first kappa shape index (κ1) is 31.2. The largest absolute Gasteiger partial charge is 0.476 e. The number of nitrogens with zero attached hydrogens (tertiary/aromatic N) is 3. The third kappa shape index (κ3) is 7.04. The van der Waals surface area contributed by atoms with Gasteiger partial charge < -0.3 is 33.6 Å². The number of anilines is 2. The highest BCUT2D eigenvalue weighted by Crippen LogP contribution is 2.41. The minimum absolute atomic E-state index is 0.113. The van der Waals surface area contributed by atoms with E-state index in [9.17, 15) is 19.2 Å². The lowest BCUT2D eigenvalue weighted by atomic mass is 9.88. The molecule has 3 rings (SSSR count). The SMILES string of the molecule is CCN(C(=O)[C@@H]1C[C@H](C(=O)OC)CN(C(=O)OC(C)(C)C)C1)c1ccc2c(c1)N(CCCOC)C(=O)C(C)(C)O2. The van der Waals surface area contributed by atoms with Crippen LogP contribution >= 0.6 is 0 Å². The molecule has 0 aromatic heterocycles. The summed E-state index contributed by atoms with van der Waals surface area (Å²) in [6.45, 7) is 12.1. The second-order valence-corrected chi connectivity index (χ2v) is 11.7. The molecule has 0 spiro atoms. The summed E-state index contributed by atoms with van der Waals surface area (Å²) in [5.74, 6) is -1.66. The lowest BCUT2D eigenvalue weighted by Gasteiger charge is -2.40. The summed E-state index contributed by atoms with van der Waals surface area (Å²) in [7, 11) is 2.90. The highest BCUT2D eigenvalue weighted by Gasteiger charge is 2.43. The molecule has 11 heteroatoms. The summed E-state index contributed by atoms with van der Waals surface area (Å²) in [5, 5.41) is 0. The van der Waals surface area contributed by atoms with Crippen molar-refractivity contribution in [2.24, 2.45) is 11.8 Å². The molecule has 1 fully saturated rings. The highest BCUT2D eigenvalue weighted by molar-refractivity contribution is 6.04. The third-order valence-corrected chi connectivity index (χ3v) is 6.97. The van der Waals surface area contributed by atoms with Crippen LogP contribution in [0.5, 0.6) is 5.75 Å². The Labute approximate surface area is 236 Å². The fourth-order valence-corrected chi connectivity index (χ4v) is 5.09. The molecule has 222 valence electrons. The molecule has 0 unspecified atom stereocenters. The second-order valence-electron chi connectivity index (χ2n) is 11.7. The van der Waals surface area contributed by atoms with E-state index in [2.05, 4.69) is 0 Å². The Bertz CT molecular complexity index is 1110. The molecule has 0 bridgehead atoms. The summed E-state index contributed by atoms with van der Waals surface area (Å²) >= 11 is 0. The predicted molar refractivity (Wildman–Crippen MR) is 149 cm³/mol. The van der Waals surface area contributed by atoms with Crippen molar-refractivity contribution in [2.75, 3.05) is 56.8 Å². The normalized spacial score (nSPS) is 20.4. The molecule has 40 heavy (non-hydrogen) atoms. The van der Waals surface area contributed by atoms with E-state index in [-0.39, 0.29) is 31.3 Å². The number of esters is 1. The molecule has 2 heterocycles. The first-order chi connectivity index (χ1) is 18.7. The van der Waals surface area contributed by atoms with Crippen molar-refractivity contribution < 1.29 is 38.1 Å². The van der Waals surface area contributed by atoms with Gasteiger partial charge in [-0.25, -0.2) is 4.79 Å².